The fourth-order valence-corrected chi connectivity index (χ4v) is 2.87. The van der Waals surface area contributed by atoms with Crippen LogP contribution in [0.3, 0.4) is 0 Å². The van der Waals surface area contributed by atoms with Crippen LogP contribution in [-0.2, 0) is 6.54 Å². The minimum atomic E-state index is -0.398. The van der Waals surface area contributed by atoms with Crippen molar-refractivity contribution >= 4 is 5.84 Å². The lowest BCUT2D eigenvalue weighted by Crippen LogP contribution is -2.33. The average molecular weight is 279 g/mol. The van der Waals surface area contributed by atoms with E-state index in [9.17, 15) is 4.39 Å². The Morgan fingerprint density at radius 1 is 1.40 bits per heavy atom. The number of nitrogens with two attached hydrogens (primary N) is 1. The van der Waals surface area contributed by atoms with Gasteiger partial charge in [-0.25, -0.2) is 4.39 Å². The highest BCUT2D eigenvalue weighted by atomic mass is 19.1. The van der Waals surface area contributed by atoms with E-state index in [1.54, 1.807) is 12.1 Å². The first-order valence-electron chi connectivity index (χ1n) is 7.09. The summed E-state index contributed by atoms with van der Waals surface area (Å²) in [4.78, 5) is 2.20. The minimum absolute atomic E-state index is 0.155. The van der Waals surface area contributed by atoms with E-state index in [4.69, 9.17) is 10.9 Å². The first-order valence-corrected chi connectivity index (χ1v) is 7.09. The van der Waals surface area contributed by atoms with Gasteiger partial charge in [0.1, 0.15) is 5.82 Å². The number of hydrogen-bond donors (Lipinski definition) is 2. The molecule has 1 aromatic rings. The molecule has 0 spiro atoms. The van der Waals surface area contributed by atoms with Gasteiger partial charge in [-0.1, -0.05) is 36.6 Å². The van der Waals surface area contributed by atoms with Crippen LogP contribution < -0.4 is 5.73 Å². The number of nitrogens with zero attached hydrogens (tertiary/aromatic N) is 2. The van der Waals surface area contributed by atoms with Gasteiger partial charge >= 0.3 is 0 Å². The molecule has 0 heterocycles. The third kappa shape index (κ3) is 3.28. The number of amidine groups is 1. The third-order valence-corrected chi connectivity index (χ3v) is 4.08. The van der Waals surface area contributed by atoms with Crippen LogP contribution in [0.15, 0.2) is 23.4 Å². The predicted octanol–water partition coefficient (Wildman–Crippen LogP) is 2.68. The highest BCUT2D eigenvalue weighted by molar-refractivity contribution is 5.97. The van der Waals surface area contributed by atoms with Crippen LogP contribution in [0.5, 0.6) is 0 Å². The molecular weight excluding hydrogens is 257 g/mol. The van der Waals surface area contributed by atoms with Crippen molar-refractivity contribution in [3.05, 3.63) is 35.1 Å². The SMILES string of the molecule is CN(Cc1cccc(/C(N)=N/O)c1F)C1CCCCC1. The lowest BCUT2D eigenvalue weighted by atomic mass is 9.94. The smallest absolute Gasteiger partial charge is 0.173 e. The van der Waals surface area contributed by atoms with Gasteiger partial charge < -0.3 is 10.9 Å². The van der Waals surface area contributed by atoms with Crippen molar-refractivity contribution in [2.75, 3.05) is 7.05 Å². The van der Waals surface area contributed by atoms with Gasteiger partial charge in [0, 0.05) is 18.2 Å². The average Bonchev–Trinajstić information content (AvgIpc) is 2.49. The molecule has 0 amide bonds. The number of hydrogen-bond acceptors (Lipinski definition) is 3. The van der Waals surface area contributed by atoms with E-state index in [1.165, 1.54) is 38.2 Å². The van der Waals surface area contributed by atoms with E-state index in [2.05, 4.69) is 10.1 Å². The van der Waals surface area contributed by atoms with Crippen LogP contribution in [0.25, 0.3) is 0 Å². The van der Waals surface area contributed by atoms with E-state index in [0.29, 0.717) is 18.2 Å². The van der Waals surface area contributed by atoms with Crippen LogP contribution in [0.1, 0.15) is 43.2 Å². The summed E-state index contributed by atoms with van der Waals surface area (Å²) in [6.07, 6.45) is 6.16. The molecule has 1 aromatic carbocycles. The van der Waals surface area contributed by atoms with E-state index < -0.39 is 5.82 Å². The van der Waals surface area contributed by atoms with Gasteiger partial charge in [0.05, 0.1) is 5.56 Å². The molecule has 20 heavy (non-hydrogen) atoms. The number of rotatable bonds is 4. The second-order valence-corrected chi connectivity index (χ2v) is 5.47. The second kappa shape index (κ2) is 6.70. The Balaban J connectivity index is 2.12. The molecule has 2 rings (SSSR count). The first kappa shape index (κ1) is 14.8. The van der Waals surface area contributed by atoms with Crippen molar-refractivity contribution in [2.24, 2.45) is 10.9 Å². The van der Waals surface area contributed by atoms with Crippen molar-refractivity contribution in [1.29, 1.82) is 0 Å². The van der Waals surface area contributed by atoms with Gasteiger partial charge in [-0.05, 0) is 26.0 Å². The lowest BCUT2D eigenvalue weighted by molar-refractivity contribution is 0.182. The molecule has 0 aliphatic heterocycles. The van der Waals surface area contributed by atoms with Crippen LogP contribution in [0.2, 0.25) is 0 Å². The molecule has 1 aliphatic rings. The van der Waals surface area contributed by atoms with Crippen molar-refractivity contribution in [2.45, 2.75) is 44.7 Å². The maximum Gasteiger partial charge on any atom is 0.173 e. The molecule has 1 saturated carbocycles. The van der Waals surface area contributed by atoms with Gasteiger partial charge in [-0.15, -0.1) is 0 Å². The topological polar surface area (TPSA) is 61.8 Å². The zero-order chi connectivity index (χ0) is 14.5. The van der Waals surface area contributed by atoms with Crippen molar-refractivity contribution in [3.63, 3.8) is 0 Å². The highest BCUT2D eigenvalue weighted by Crippen LogP contribution is 2.24. The summed E-state index contributed by atoms with van der Waals surface area (Å²) in [5, 5.41) is 11.5. The van der Waals surface area contributed by atoms with Crippen molar-refractivity contribution in [3.8, 4) is 0 Å². The normalized spacial score (nSPS) is 17.6. The molecule has 1 fully saturated rings. The van der Waals surface area contributed by atoms with Gasteiger partial charge in [0.25, 0.3) is 0 Å². The molecular formula is C15H22FN3O. The molecule has 5 heteroatoms. The fraction of sp³-hybridized carbons (Fsp3) is 0.533. The van der Waals surface area contributed by atoms with E-state index in [0.717, 1.165) is 0 Å². The summed E-state index contributed by atoms with van der Waals surface area (Å²) in [5.41, 5.74) is 6.22. The Labute approximate surface area is 119 Å². The molecule has 0 aromatic heterocycles. The van der Waals surface area contributed by atoms with E-state index in [-0.39, 0.29) is 11.4 Å². The molecule has 0 saturated heterocycles. The summed E-state index contributed by atoms with van der Waals surface area (Å²) in [5.74, 6) is -0.588. The van der Waals surface area contributed by atoms with Crippen LogP contribution >= 0.6 is 0 Å². The Morgan fingerprint density at radius 2 is 2.10 bits per heavy atom. The number of benzene rings is 1. The Morgan fingerprint density at radius 3 is 2.75 bits per heavy atom. The summed E-state index contributed by atoms with van der Waals surface area (Å²) in [6, 6.07) is 5.54. The van der Waals surface area contributed by atoms with Crippen LogP contribution in [0.4, 0.5) is 4.39 Å². The molecule has 0 bridgehead atoms. The number of halogens is 1. The van der Waals surface area contributed by atoms with Crippen molar-refractivity contribution in [1.82, 2.24) is 4.90 Å². The summed E-state index contributed by atoms with van der Waals surface area (Å²) < 4.78 is 14.3. The van der Waals surface area contributed by atoms with Crippen molar-refractivity contribution < 1.29 is 9.60 Å². The van der Waals surface area contributed by atoms with Gasteiger partial charge in [0.2, 0.25) is 0 Å². The van der Waals surface area contributed by atoms with Crippen LogP contribution in [-0.4, -0.2) is 29.0 Å². The molecule has 0 radical (unpaired) electrons. The summed E-state index contributed by atoms with van der Waals surface area (Å²) >= 11 is 0. The molecule has 0 atom stereocenters. The quantitative estimate of drug-likeness (QED) is 0.385. The molecule has 1 aliphatic carbocycles. The monoisotopic (exact) mass is 279 g/mol. The largest absolute Gasteiger partial charge is 0.409 e. The third-order valence-electron chi connectivity index (χ3n) is 4.08. The second-order valence-electron chi connectivity index (χ2n) is 5.47. The minimum Gasteiger partial charge on any atom is -0.409 e. The molecule has 4 nitrogen and oxygen atoms in total. The zero-order valence-corrected chi connectivity index (χ0v) is 11.8. The Kier molecular flexibility index (Phi) is 4.95. The Bertz CT molecular complexity index is 484. The maximum atomic E-state index is 14.3. The summed E-state index contributed by atoms with van der Waals surface area (Å²) in [6.45, 7) is 0.545. The molecule has 0 unspecified atom stereocenters. The van der Waals surface area contributed by atoms with E-state index in [1.807, 2.05) is 7.05 Å². The first-order chi connectivity index (χ1) is 9.63. The molecule has 110 valence electrons. The standard InChI is InChI=1S/C15H22FN3O/c1-19(12-7-3-2-4-8-12)10-11-6-5-9-13(14(11)16)15(17)18-20/h5-6,9,12,20H,2-4,7-8,10H2,1H3,(H2,17,18). The lowest BCUT2D eigenvalue weighted by Gasteiger charge is -2.31. The van der Waals surface area contributed by atoms with Gasteiger partial charge in [-0.2, -0.15) is 0 Å². The predicted molar refractivity (Wildman–Crippen MR) is 77.3 cm³/mol. The van der Waals surface area contributed by atoms with E-state index >= 15 is 0 Å². The van der Waals surface area contributed by atoms with Gasteiger partial charge in [-0.3, -0.25) is 4.90 Å². The zero-order valence-electron chi connectivity index (χ0n) is 11.8. The summed E-state index contributed by atoms with van der Waals surface area (Å²) in [7, 11) is 2.03. The highest BCUT2D eigenvalue weighted by Gasteiger charge is 2.20. The Hall–Kier alpha value is -1.62. The fourth-order valence-electron chi connectivity index (χ4n) is 2.87. The van der Waals surface area contributed by atoms with Gasteiger partial charge in [0.15, 0.2) is 5.84 Å². The van der Waals surface area contributed by atoms with Crippen LogP contribution in [0, 0.1) is 5.82 Å². The number of oxime groups is 1. The maximum absolute atomic E-state index is 14.3. The molecule has 3 N–H and O–H groups in total.